The van der Waals surface area contributed by atoms with E-state index in [4.69, 9.17) is 14.6 Å². The third-order valence-corrected chi connectivity index (χ3v) is 7.14. The van der Waals surface area contributed by atoms with Gasteiger partial charge < -0.3 is 14.6 Å². The van der Waals surface area contributed by atoms with Crippen molar-refractivity contribution in [2.24, 2.45) is 0 Å². The Hall–Kier alpha value is -1.62. The number of nitrogens with two attached hydrogens (primary N) is 1. The number of rotatable bonds is 6. The molecule has 0 amide bonds. The molecular weight excluding hydrogens is 290 g/mol. The highest BCUT2D eigenvalue weighted by molar-refractivity contribution is 6.93. The standard InChI is InChI=1S/C18H25NO2Si/c1-14(2)20-22(21-15(3)4,16-10-6-5-7-11-16)18-13-9-8-12-17(18)19/h5-15H,19H2,1-4H3. The Balaban J connectivity index is 2.67. The van der Waals surface area contributed by atoms with Gasteiger partial charge in [0.2, 0.25) is 0 Å². The van der Waals surface area contributed by atoms with Crippen molar-refractivity contribution in [3.63, 3.8) is 0 Å². The molecule has 0 atom stereocenters. The summed E-state index contributed by atoms with van der Waals surface area (Å²) in [5.74, 6) is 0. The number of hydrogen-bond donors (Lipinski definition) is 1. The Kier molecular flexibility index (Phi) is 5.40. The van der Waals surface area contributed by atoms with Crippen LogP contribution in [-0.4, -0.2) is 20.8 Å². The lowest BCUT2D eigenvalue weighted by Gasteiger charge is -2.35. The van der Waals surface area contributed by atoms with Crippen LogP contribution in [0.25, 0.3) is 0 Å². The predicted octanol–water partition coefficient (Wildman–Crippen LogP) is 2.68. The van der Waals surface area contributed by atoms with E-state index in [0.29, 0.717) is 0 Å². The zero-order valence-electron chi connectivity index (χ0n) is 13.7. The van der Waals surface area contributed by atoms with Gasteiger partial charge in [0, 0.05) is 23.1 Å². The summed E-state index contributed by atoms with van der Waals surface area (Å²) in [6.07, 6.45) is 0.0930. The highest BCUT2D eigenvalue weighted by Gasteiger charge is 2.45. The molecule has 0 unspecified atom stereocenters. The number of para-hydroxylation sites is 1. The average molecular weight is 315 g/mol. The fraction of sp³-hybridized carbons (Fsp3) is 0.333. The maximum Gasteiger partial charge on any atom is 0.409 e. The predicted molar refractivity (Wildman–Crippen MR) is 94.8 cm³/mol. The van der Waals surface area contributed by atoms with E-state index < -0.39 is 8.56 Å². The van der Waals surface area contributed by atoms with Gasteiger partial charge in [-0.05, 0) is 38.9 Å². The number of hydrogen-bond acceptors (Lipinski definition) is 3. The normalized spacial score (nSPS) is 12.1. The van der Waals surface area contributed by atoms with Crippen LogP contribution in [0.1, 0.15) is 27.7 Å². The smallest absolute Gasteiger partial charge is 0.399 e. The van der Waals surface area contributed by atoms with Crippen molar-refractivity contribution in [1.82, 2.24) is 0 Å². The van der Waals surface area contributed by atoms with Crippen LogP contribution in [0.2, 0.25) is 0 Å². The molecule has 0 heterocycles. The van der Waals surface area contributed by atoms with E-state index in [2.05, 4.69) is 12.1 Å². The van der Waals surface area contributed by atoms with Gasteiger partial charge in [0.1, 0.15) is 0 Å². The van der Waals surface area contributed by atoms with Crippen molar-refractivity contribution in [1.29, 1.82) is 0 Å². The molecule has 2 aromatic rings. The van der Waals surface area contributed by atoms with Crippen LogP contribution >= 0.6 is 0 Å². The van der Waals surface area contributed by atoms with Crippen LogP contribution in [0.3, 0.4) is 0 Å². The second kappa shape index (κ2) is 7.09. The van der Waals surface area contributed by atoms with Gasteiger partial charge in [0.05, 0.1) is 0 Å². The van der Waals surface area contributed by atoms with Crippen LogP contribution in [-0.2, 0) is 8.85 Å². The van der Waals surface area contributed by atoms with Gasteiger partial charge in [-0.25, -0.2) is 0 Å². The molecule has 4 heteroatoms. The fourth-order valence-electron chi connectivity index (χ4n) is 2.56. The molecule has 0 bridgehead atoms. The largest absolute Gasteiger partial charge is 0.409 e. The van der Waals surface area contributed by atoms with Gasteiger partial charge in [0.25, 0.3) is 0 Å². The van der Waals surface area contributed by atoms with Gasteiger partial charge in [-0.3, -0.25) is 0 Å². The summed E-state index contributed by atoms with van der Waals surface area (Å²) in [4.78, 5) is 0. The van der Waals surface area contributed by atoms with Crippen molar-refractivity contribution in [2.75, 3.05) is 5.73 Å². The van der Waals surface area contributed by atoms with Crippen molar-refractivity contribution in [3.8, 4) is 0 Å². The zero-order chi connectivity index (χ0) is 16.2. The van der Waals surface area contributed by atoms with Gasteiger partial charge >= 0.3 is 8.56 Å². The lowest BCUT2D eigenvalue weighted by molar-refractivity contribution is 0.125. The molecule has 0 aliphatic carbocycles. The average Bonchev–Trinajstić information content (AvgIpc) is 2.47. The van der Waals surface area contributed by atoms with Crippen LogP contribution in [0.5, 0.6) is 0 Å². The van der Waals surface area contributed by atoms with Gasteiger partial charge in [-0.15, -0.1) is 0 Å². The van der Waals surface area contributed by atoms with Gasteiger partial charge in [-0.2, -0.15) is 0 Å². The van der Waals surface area contributed by atoms with Crippen molar-refractivity contribution >= 4 is 24.6 Å². The third-order valence-electron chi connectivity index (χ3n) is 3.27. The maximum absolute atomic E-state index is 6.44. The van der Waals surface area contributed by atoms with Crippen molar-refractivity contribution < 1.29 is 8.85 Å². The molecule has 22 heavy (non-hydrogen) atoms. The molecule has 0 aliphatic rings. The summed E-state index contributed by atoms with van der Waals surface area (Å²) < 4.78 is 12.9. The first-order valence-electron chi connectivity index (χ1n) is 7.72. The van der Waals surface area contributed by atoms with E-state index in [1.54, 1.807) is 0 Å². The first kappa shape index (κ1) is 16.7. The first-order valence-corrected chi connectivity index (χ1v) is 9.53. The molecule has 0 saturated carbocycles. The first-order chi connectivity index (χ1) is 10.5. The Bertz CT molecular complexity index is 589. The molecular formula is C18H25NO2Si. The molecule has 2 aromatic carbocycles. The minimum Gasteiger partial charge on any atom is -0.399 e. The van der Waals surface area contributed by atoms with Gasteiger partial charge in [-0.1, -0.05) is 48.5 Å². The SMILES string of the molecule is CC(C)O[Si](OC(C)C)(c1ccccc1)c1ccccc1N. The summed E-state index contributed by atoms with van der Waals surface area (Å²) in [6, 6.07) is 18.0. The minimum absolute atomic E-state index is 0.0465. The Morgan fingerprint density at radius 3 is 1.77 bits per heavy atom. The molecule has 0 saturated heterocycles. The summed E-state index contributed by atoms with van der Waals surface area (Å²) in [6.45, 7) is 8.14. The summed E-state index contributed by atoms with van der Waals surface area (Å²) >= 11 is 0. The van der Waals surface area contributed by atoms with Gasteiger partial charge in [0.15, 0.2) is 0 Å². The number of nitrogen functional groups attached to an aromatic ring is 1. The molecule has 0 radical (unpaired) electrons. The van der Waals surface area contributed by atoms with Crippen molar-refractivity contribution in [2.45, 2.75) is 39.9 Å². The lowest BCUT2D eigenvalue weighted by atomic mass is 10.3. The maximum atomic E-state index is 6.44. The van der Waals surface area contributed by atoms with E-state index in [1.807, 2.05) is 70.2 Å². The second-order valence-electron chi connectivity index (χ2n) is 5.90. The van der Waals surface area contributed by atoms with Crippen LogP contribution in [0.4, 0.5) is 5.69 Å². The van der Waals surface area contributed by atoms with E-state index in [0.717, 1.165) is 16.1 Å². The summed E-state index contributed by atoms with van der Waals surface area (Å²) in [7, 11) is -2.84. The van der Waals surface area contributed by atoms with E-state index >= 15 is 0 Å². The number of anilines is 1. The van der Waals surface area contributed by atoms with Crippen LogP contribution < -0.4 is 16.1 Å². The van der Waals surface area contributed by atoms with E-state index in [1.165, 1.54) is 0 Å². The molecule has 3 nitrogen and oxygen atoms in total. The highest BCUT2D eigenvalue weighted by Crippen LogP contribution is 2.17. The second-order valence-corrected chi connectivity index (χ2v) is 8.72. The molecule has 0 spiro atoms. The van der Waals surface area contributed by atoms with Crippen LogP contribution in [0.15, 0.2) is 54.6 Å². The molecule has 0 fully saturated rings. The number of benzene rings is 2. The molecule has 0 aromatic heterocycles. The summed E-state index contributed by atoms with van der Waals surface area (Å²) in [5, 5.41) is 2.05. The monoisotopic (exact) mass is 315 g/mol. The zero-order valence-corrected chi connectivity index (χ0v) is 14.7. The lowest BCUT2D eigenvalue weighted by Crippen LogP contribution is -2.65. The molecule has 2 rings (SSSR count). The molecule has 0 aliphatic heterocycles. The Labute approximate surface area is 134 Å². The highest BCUT2D eigenvalue weighted by atomic mass is 28.4. The topological polar surface area (TPSA) is 44.5 Å². The summed E-state index contributed by atoms with van der Waals surface area (Å²) in [5.41, 5.74) is 6.99. The third kappa shape index (κ3) is 3.58. The Morgan fingerprint density at radius 2 is 1.27 bits per heavy atom. The van der Waals surface area contributed by atoms with E-state index in [-0.39, 0.29) is 12.2 Å². The Morgan fingerprint density at radius 1 is 0.773 bits per heavy atom. The van der Waals surface area contributed by atoms with Crippen LogP contribution in [0, 0.1) is 0 Å². The quantitative estimate of drug-likeness (QED) is 0.658. The molecule has 2 N–H and O–H groups in total. The van der Waals surface area contributed by atoms with E-state index in [9.17, 15) is 0 Å². The molecule has 118 valence electrons. The minimum atomic E-state index is -2.84. The fourth-order valence-corrected chi connectivity index (χ4v) is 6.20. The van der Waals surface area contributed by atoms with Crippen molar-refractivity contribution in [3.05, 3.63) is 54.6 Å².